The van der Waals surface area contributed by atoms with Gasteiger partial charge in [0.1, 0.15) is 18.3 Å². The summed E-state index contributed by atoms with van der Waals surface area (Å²) in [6.45, 7) is 1.03. The number of carbonyl (C=O) groups is 2. The van der Waals surface area contributed by atoms with E-state index in [1.807, 2.05) is 0 Å². The molecule has 1 aromatic carbocycles. The van der Waals surface area contributed by atoms with Crippen LogP contribution in [-0.4, -0.2) is 28.6 Å². The molecule has 4 nitrogen and oxygen atoms in total. The average Bonchev–Trinajstić information content (AvgIpc) is 2.30. The summed E-state index contributed by atoms with van der Waals surface area (Å²) in [5.74, 6) is -3.92. The standard InChI is InChI=1S/C12H12F2O4S/c1-7(15)19-6-8(12(16)17)5-18-11-3-2-9(13)4-10(11)14/h2-4,8H,5-6H2,1H3,(H,16,17). The van der Waals surface area contributed by atoms with Crippen LogP contribution < -0.4 is 4.74 Å². The topological polar surface area (TPSA) is 63.6 Å². The Kier molecular flexibility index (Phi) is 5.75. The fraction of sp³-hybridized carbons (Fsp3) is 0.333. The molecule has 1 unspecified atom stereocenters. The van der Waals surface area contributed by atoms with Gasteiger partial charge < -0.3 is 9.84 Å². The van der Waals surface area contributed by atoms with Crippen LogP contribution in [0, 0.1) is 17.6 Å². The maximum Gasteiger partial charge on any atom is 0.310 e. The van der Waals surface area contributed by atoms with E-state index in [2.05, 4.69) is 0 Å². The van der Waals surface area contributed by atoms with E-state index in [4.69, 9.17) is 9.84 Å². The van der Waals surface area contributed by atoms with Crippen molar-refractivity contribution in [3.05, 3.63) is 29.8 Å². The van der Waals surface area contributed by atoms with Gasteiger partial charge in [-0.3, -0.25) is 9.59 Å². The van der Waals surface area contributed by atoms with Crippen molar-refractivity contribution >= 4 is 22.8 Å². The first-order valence-corrected chi connectivity index (χ1v) is 6.32. The molecule has 0 spiro atoms. The van der Waals surface area contributed by atoms with Gasteiger partial charge in [-0.1, -0.05) is 11.8 Å². The maximum absolute atomic E-state index is 13.2. The Morgan fingerprint density at radius 1 is 1.42 bits per heavy atom. The summed E-state index contributed by atoms with van der Waals surface area (Å²) in [7, 11) is 0. The summed E-state index contributed by atoms with van der Waals surface area (Å²) in [5, 5.41) is 8.71. The lowest BCUT2D eigenvalue weighted by molar-refractivity contribution is -0.141. The Morgan fingerprint density at radius 2 is 2.11 bits per heavy atom. The number of carbonyl (C=O) groups excluding carboxylic acids is 1. The van der Waals surface area contributed by atoms with Gasteiger partial charge in [0.05, 0.1) is 0 Å². The van der Waals surface area contributed by atoms with Gasteiger partial charge in [0.2, 0.25) is 0 Å². The second kappa shape index (κ2) is 7.08. The Bertz CT molecular complexity index is 479. The second-order valence-corrected chi connectivity index (χ2v) is 4.92. The molecule has 7 heteroatoms. The predicted molar refractivity (Wildman–Crippen MR) is 66.1 cm³/mol. The predicted octanol–water partition coefficient (Wildman–Crippen LogP) is 2.32. The number of carboxylic acid groups (broad SMARTS) is 1. The Balaban J connectivity index is 2.60. The van der Waals surface area contributed by atoms with Crippen LogP contribution in [0.1, 0.15) is 6.92 Å². The highest BCUT2D eigenvalue weighted by Crippen LogP contribution is 2.19. The van der Waals surface area contributed by atoms with Gasteiger partial charge in [0, 0.05) is 18.7 Å². The Labute approximate surface area is 112 Å². The summed E-state index contributed by atoms with van der Waals surface area (Å²) < 4.78 is 30.9. The lowest BCUT2D eigenvalue weighted by Crippen LogP contribution is -2.24. The summed E-state index contributed by atoms with van der Waals surface area (Å²) in [4.78, 5) is 21.7. The molecule has 0 amide bonds. The van der Waals surface area contributed by atoms with Crippen molar-refractivity contribution < 1.29 is 28.2 Å². The lowest BCUT2D eigenvalue weighted by atomic mass is 10.2. The van der Waals surface area contributed by atoms with Crippen LogP contribution >= 0.6 is 11.8 Å². The maximum atomic E-state index is 13.2. The molecule has 1 rings (SSSR count). The van der Waals surface area contributed by atoms with Gasteiger partial charge >= 0.3 is 5.97 Å². The zero-order chi connectivity index (χ0) is 14.4. The number of rotatable bonds is 6. The van der Waals surface area contributed by atoms with Crippen molar-refractivity contribution in [3.63, 3.8) is 0 Å². The van der Waals surface area contributed by atoms with Crippen molar-refractivity contribution in [2.45, 2.75) is 6.92 Å². The Hall–Kier alpha value is -1.63. The van der Waals surface area contributed by atoms with E-state index in [1.54, 1.807) is 0 Å². The van der Waals surface area contributed by atoms with Gasteiger partial charge in [-0.05, 0) is 12.1 Å². The first kappa shape index (κ1) is 15.4. The summed E-state index contributed by atoms with van der Waals surface area (Å²) in [6, 6.07) is 2.75. The number of hydrogen-bond acceptors (Lipinski definition) is 4. The third kappa shape index (κ3) is 5.25. The van der Waals surface area contributed by atoms with Crippen LogP contribution in [0.15, 0.2) is 18.2 Å². The molecule has 19 heavy (non-hydrogen) atoms. The number of benzene rings is 1. The molecule has 104 valence electrons. The number of thioether (sulfide) groups is 1. The van der Waals surface area contributed by atoms with Crippen LogP contribution in [0.3, 0.4) is 0 Å². The van der Waals surface area contributed by atoms with Gasteiger partial charge in [-0.15, -0.1) is 0 Å². The second-order valence-electron chi connectivity index (χ2n) is 3.72. The minimum atomic E-state index is -1.14. The zero-order valence-electron chi connectivity index (χ0n) is 10.1. The molecule has 0 heterocycles. The fourth-order valence-corrected chi connectivity index (χ4v) is 1.87. The first-order valence-electron chi connectivity index (χ1n) is 5.34. The van der Waals surface area contributed by atoms with Crippen LogP contribution in [0.5, 0.6) is 5.75 Å². The van der Waals surface area contributed by atoms with E-state index >= 15 is 0 Å². The normalized spacial score (nSPS) is 11.9. The number of ether oxygens (including phenoxy) is 1. The minimum Gasteiger partial charge on any atom is -0.490 e. The monoisotopic (exact) mass is 290 g/mol. The van der Waals surface area contributed by atoms with E-state index < -0.39 is 23.5 Å². The molecule has 1 N–H and O–H groups in total. The molecule has 0 radical (unpaired) electrons. The quantitative estimate of drug-likeness (QED) is 0.871. The fourth-order valence-electron chi connectivity index (χ4n) is 1.19. The molecule has 0 aromatic heterocycles. The SMILES string of the molecule is CC(=O)SCC(COc1ccc(F)cc1F)C(=O)O. The molecule has 0 aliphatic heterocycles. The van der Waals surface area contributed by atoms with Crippen molar-refractivity contribution in [1.29, 1.82) is 0 Å². The third-order valence-electron chi connectivity index (χ3n) is 2.17. The average molecular weight is 290 g/mol. The van der Waals surface area contributed by atoms with Crippen molar-refractivity contribution in [2.75, 3.05) is 12.4 Å². The van der Waals surface area contributed by atoms with Crippen LogP contribution in [0.4, 0.5) is 8.78 Å². The van der Waals surface area contributed by atoms with Crippen molar-refractivity contribution in [3.8, 4) is 5.75 Å². The summed E-state index contributed by atoms with van der Waals surface area (Å²) in [5.41, 5.74) is 0. The van der Waals surface area contributed by atoms with Crippen molar-refractivity contribution in [2.24, 2.45) is 5.92 Å². The van der Waals surface area contributed by atoms with E-state index in [1.165, 1.54) is 6.92 Å². The van der Waals surface area contributed by atoms with E-state index in [0.717, 1.165) is 23.9 Å². The highest BCUT2D eigenvalue weighted by Gasteiger charge is 2.20. The first-order chi connectivity index (χ1) is 8.90. The van der Waals surface area contributed by atoms with E-state index in [9.17, 15) is 18.4 Å². The lowest BCUT2D eigenvalue weighted by Gasteiger charge is -2.13. The van der Waals surface area contributed by atoms with Gasteiger partial charge in [-0.25, -0.2) is 8.78 Å². The zero-order valence-corrected chi connectivity index (χ0v) is 10.9. The van der Waals surface area contributed by atoms with E-state index in [-0.39, 0.29) is 23.2 Å². The van der Waals surface area contributed by atoms with Gasteiger partial charge in [0.25, 0.3) is 0 Å². The third-order valence-corrected chi connectivity index (χ3v) is 3.15. The highest BCUT2D eigenvalue weighted by atomic mass is 32.2. The number of halogens is 2. The molecule has 0 saturated heterocycles. The molecular weight excluding hydrogens is 278 g/mol. The van der Waals surface area contributed by atoms with Gasteiger partial charge in [0.15, 0.2) is 16.7 Å². The minimum absolute atomic E-state index is 0.0352. The molecular formula is C12H12F2O4S. The summed E-state index contributed by atoms with van der Waals surface area (Å²) in [6.07, 6.45) is 0. The smallest absolute Gasteiger partial charge is 0.310 e. The van der Waals surface area contributed by atoms with E-state index in [0.29, 0.717) is 6.07 Å². The van der Waals surface area contributed by atoms with Crippen LogP contribution in [-0.2, 0) is 9.59 Å². The molecule has 0 aliphatic carbocycles. The molecule has 0 bridgehead atoms. The number of aliphatic carboxylic acids is 1. The molecule has 0 saturated carbocycles. The number of carboxylic acids is 1. The molecule has 0 fully saturated rings. The number of hydrogen-bond donors (Lipinski definition) is 1. The largest absolute Gasteiger partial charge is 0.490 e. The molecule has 1 atom stereocenters. The van der Waals surface area contributed by atoms with Gasteiger partial charge in [-0.2, -0.15) is 0 Å². The summed E-state index contributed by atoms with van der Waals surface area (Å²) >= 11 is 0.856. The molecule has 1 aromatic rings. The molecule has 0 aliphatic rings. The van der Waals surface area contributed by atoms with Crippen LogP contribution in [0.25, 0.3) is 0 Å². The highest BCUT2D eigenvalue weighted by molar-refractivity contribution is 8.13. The Morgan fingerprint density at radius 3 is 2.63 bits per heavy atom. The van der Waals surface area contributed by atoms with Crippen LogP contribution in [0.2, 0.25) is 0 Å². The van der Waals surface area contributed by atoms with Crippen molar-refractivity contribution in [1.82, 2.24) is 0 Å².